The molecule has 6 atom stereocenters. The molecule has 0 aliphatic carbocycles. The van der Waals surface area contributed by atoms with E-state index in [1.165, 1.54) is 0 Å². The predicted molar refractivity (Wildman–Crippen MR) is 84.3 cm³/mol. The van der Waals surface area contributed by atoms with E-state index in [1.807, 2.05) is 0 Å². The van der Waals surface area contributed by atoms with Crippen molar-refractivity contribution in [2.24, 2.45) is 5.73 Å². The lowest BCUT2D eigenvalue weighted by Crippen LogP contribution is -2.34. The molecule has 0 radical (unpaired) electrons. The lowest BCUT2D eigenvalue weighted by molar-refractivity contribution is -0.0587. The lowest BCUT2D eigenvalue weighted by Gasteiger charge is -2.19. The molecule has 2 rings (SSSR count). The topological polar surface area (TPSA) is 283 Å². The van der Waals surface area contributed by atoms with E-state index in [-0.39, 0.29) is 0 Å². The van der Waals surface area contributed by atoms with Crippen LogP contribution in [0.15, 0.2) is 6.33 Å². The van der Waals surface area contributed by atoms with Gasteiger partial charge in [0.05, 0.1) is 6.61 Å². The summed E-state index contributed by atoms with van der Waals surface area (Å²) < 4.78 is 50.7. The highest BCUT2D eigenvalue weighted by Crippen LogP contribution is 2.66. The maximum Gasteiger partial charge on any atom is 0.490 e. The number of nitrogens with zero attached hydrogens (tertiary/aromatic N) is 3. The molecule has 2 unspecified atom stereocenters. The number of hydrogen-bond acceptors (Lipinski definition) is 12. The zero-order valence-corrected chi connectivity index (χ0v) is 16.5. The molecule has 0 aromatic carbocycles. The van der Waals surface area contributed by atoms with Crippen LogP contribution in [0.3, 0.4) is 0 Å². The summed E-state index contributed by atoms with van der Waals surface area (Å²) in [4.78, 5) is 50.1. The molecule has 166 valence electrons. The Balaban J connectivity index is 2.04. The van der Waals surface area contributed by atoms with Crippen molar-refractivity contribution >= 4 is 29.4 Å². The third-order valence-electron chi connectivity index (χ3n) is 3.19. The third kappa shape index (κ3) is 6.44. The van der Waals surface area contributed by atoms with Gasteiger partial charge in [0.1, 0.15) is 24.6 Å². The maximum atomic E-state index is 11.7. The van der Waals surface area contributed by atoms with Gasteiger partial charge in [-0.2, -0.15) is 13.7 Å². The molecule has 1 aliphatic heterocycles. The van der Waals surface area contributed by atoms with Crippen LogP contribution in [0.1, 0.15) is 16.8 Å². The van der Waals surface area contributed by atoms with E-state index in [2.05, 4.69) is 23.2 Å². The van der Waals surface area contributed by atoms with Crippen LogP contribution in [0.5, 0.6) is 0 Å². The Morgan fingerprint density at radius 1 is 1.14 bits per heavy atom. The molecule has 29 heavy (non-hydrogen) atoms. The summed E-state index contributed by atoms with van der Waals surface area (Å²) in [5.74, 6) is -1.47. The van der Waals surface area contributed by atoms with Gasteiger partial charge in [-0.3, -0.25) is 9.32 Å². The number of hydrogen-bond donors (Lipinski definition) is 7. The SMILES string of the molecule is NC(=O)c1ncnn1[C@@H]1O[C@H](COP(=O)(O)OP(=O)(O)OP(=O)(O)O)[C@@H](O)[C@H]1O. The van der Waals surface area contributed by atoms with E-state index in [9.17, 15) is 33.6 Å². The van der Waals surface area contributed by atoms with Crippen LogP contribution in [-0.4, -0.2) is 75.4 Å². The highest BCUT2D eigenvalue weighted by atomic mass is 31.3. The molecule has 1 aromatic heterocycles. The molecule has 18 nitrogen and oxygen atoms in total. The zero-order valence-electron chi connectivity index (χ0n) is 13.8. The van der Waals surface area contributed by atoms with Crippen molar-refractivity contribution in [3.05, 3.63) is 12.2 Å². The smallest absolute Gasteiger partial charge is 0.387 e. The van der Waals surface area contributed by atoms with E-state index < -0.39 is 66.3 Å². The van der Waals surface area contributed by atoms with Crippen LogP contribution in [-0.2, 0) is 31.6 Å². The summed E-state index contributed by atoms with van der Waals surface area (Å²) in [6.45, 7) is -1.03. The fourth-order valence-electron chi connectivity index (χ4n) is 2.15. The Morgan fingerprint density at radius 2 is 1.76 bits per heavy atom. The molecule has 1 amide bonds. The number of carbonyl (C=O) groups is 1. The first-order chi connectivity index (χ1) is 13.1. The minimum atomic E-state index is -5.72. The fourth-order valence-corrected chi connectivity index (χ4v) is 5.18. The first-order valence-corrected chi connectivity index (χ1v) is 11.6. The Bertz CT molecular complexity index is 899. The monoisotopic (exact) mass is 484 g/mol. The number of phosphoric ester groups is 1. The average Bonchev–Trinajstić information content (AvgIpc) is 3.08. The maximum absolute atomic E-state index is 11.7. The van der Waals surface area contributed by atoms with E-state index in [1.54, 1.807) is 0 Å². The van der Waals surface area contributed by atoms with Crippen molar-refractivity contribution in [3.8, 4) is 0 Å². The number of nitrogens with two attached hydrogens (primary N) is 1. The summed E-state index contributed by atoms with van der Waals surface area (Å²) >= 11 is 0. The lowest BCUT2D eigenvalue weighted by atomic mass is 10.1. The van der Waals surface area contributed by atoms with Gasteiger partial charge in [-0.25, -0.2) is 23.4 Å². The van der Waals surface area contributed by atoms with E-state index in [4.69, 9.17) is 25.2 Å². The van der Waals surface area contributed by atoms with Crippen LogP contribution < -0.4 is 5.73 Å². The molecule has 1 fully saturated rings. The highest BCUT2D eigenvalue weighted by Gasteiger charge is 2.47. The second kappa shape index (κ2) is 8.56. The van der Waals surface area contributed by atoms with Gasteiger partial charge in [0, 0.05) is 0 Å². The number of carbonyl (C=O) groups excluding carboxylic acids is 1. The van der Waals surface area contributed by atoms with Crippen LogP contribution in [0.25, 0.3) is 0 Å². The molecular weight excluding hydrogens is 469 g/mol. The van der Waals surface area contributed by atoms with Gasteiger partial charge in [-0.15, -0.1) is 0 Å². The van der Waals surface area contributed by atoms with Crippen molar-refractivity contribution in [3.63, 3.8) is 0 Å². The molecular formula is C8H15N4O14P3. The van der Waals surface area contributed by atoms with Crippen molar-refractivity contribution < 1.29 is 66.2 Å². The van der Waals surface area contributed by atoms with Gasteiger partial charge in [-0.05, 0) is 0 Å². The molecule has 0 bridgehead atoms. The summed E-state index contributed by atoms with van der Waals surface area (Å²) in [7, 11) is -16.7. The molecule has 1 aliphatic rings. The molecule has 1 saturated heterocycles. The van der Waals surface area contributed by atoms with Gasteiger partial charge in [0.25, 0.3) is 5.91 Å². The number of ether oxygens (including phenoxy) is 1. The summed E-state index contributed by atoms with van der Waals surface area (Å²) in [6.07, 6.45) is -5.65. The number of aliphatic hydroxyl groups excluding tert-OH is 2. The largest absolute Gasteiger partial charge is 0.490 e. The Labute approximate surface area is 160 Å². The van der Waals surface area contributed by atoms with Crippen LogP contribution in [0.4, 0.5) is 0 Å². The number of primary amides is 1. The second-order valence-corrected chi connectivity index (χ2v) is 9.75. The Morgan fingerprint density at radius 3 is 2.31 bits per heavy atom. The summed E-state index contributed by atoms with van der Waals surface area (Å²) in [5, 5.41) is 23.6. The molecule has 1 aromatic rings. The van der Waals surface area contributed by atoms with Gasteiger partial charge in [0.15, 0.2) is 6.23 Å². The van der Waals surface area contributed by atoms with Crippen molar-refractivity contribution in [2.75, 3.05) is 6.61 Å². The van der Waals surface area contributed by atoms with Crippen LogP contribution in [0.2, 0.25) is 0 Å². The van der Waals surface area contributed by atoms with Crippen molar-refractivity contribution in [1.29, 1.82) is 0 Å². The van der Waals surface area contributed by atoms with Crippen molar-refractivity contribution in [1.82, 2.24) is 14.8 Å². The van der Waals surface area contributed by atoms with Gasteiger partial charge in [0.2, 0.25) is 5.82 Å². The van der Waals surface area contributed by atoms with Gasteiger partial charge < -0.3 is 40.3 Å². The molecule has 21 heteroatoms. The average molecular weight is 484 g/mol. The Kier molecular flexibility index (Phi) is 7.14. The van der Waals surface area contributed by atoms with E-state index in [0.717, 1.165) is 11.0 Å². The molecule has 2 heterocycles. The van der Waals surface area contributed by atoms with E-state index in [0.29, 0.717) is 0 Å². The normalized spacial score (nSPS) is 29.3. The number of amides is 1. The third-order valence-corrected chi connectivity index (χ3v) is 6.99. The quantitative estimate of drug-likeness (QED) is 0.176. The standard InChI is InChI=1S/C8H15N4O14P3/c9-6(15)7-10-2-11-12(7)8-5(14)4(13)3(24-8)1-23-28(19,20)26-29(21,22)25-27(16,17)18/h2-5,8,13-14H,1H2,(H2,9,15)(H,19,20)(H,21,22)(H2,16,17,18)/t3-,4-,5-,8-/m1/s1. The minimum Gasteiger partial charge on any atom is -0.387 e. The molecule has 0 spiro atoms. The number of rotatable bonds is 9. The van der Waals surface area contributed by atoms with E-state index >= 15 is 0 Å². The molecule has 8 N–H and O–H groups in total. The highest BCUT2D eigenvalue weighted by molar-refractivity contribution is 7.66. The zero-order chi connectivity index (χ0) is 22.2. The fraction of sp³-hybridized carbons (Fsp3) is 0.625. The van der Waals surface area contributed by atoms with Crippen molar-refractivity contribution in [2.45, 2.75) is 24.5 Å². The van der Waals surface area contributed by atoms with Crippen LogP contribution in [0, 0.1) is 0 Å². The number of phosphoric acid groups is 3. The predicted octanol–water partition coefficient (Wildman–Crippen LogP) is -2.66. The summed E-state index contributed by atoms with van der Waals surface area (Å²) in [6, 6.07) is 0. The van der Waals surface area contributed by atoms with Gasteiger partial charge >= 0.3 is 23.5 Å². The first-order valence-electron chi connectivity index (χ1n) is 7.11. The van der Waals surface area contributed by atoms with Gasteiger partial charge in [-0.1, -0.05) is 0 Å². The minimum absolute atomic E-state index is 0.435. The Hall–Kier alpha value is -1.10. The number of aromatic nitrogens is 3. The first kappa shape index (κ1) is 24.2. The second-order valence-electron chi connectivity index (χ2n) is 5.33. The summed E-state index contributed by atoms with van der Waals surface area (Å²) in [5.41, 5.74) is 5.07. The molecule has 0 saturated carbocycles. The number of aliphatic hydroxyl groups is 2. The van der Waals surface area contributed by atoms with Crippen LogP contribution >= 0.6 is 23.5 Å².